The molecule has 138 valence electrons. The van der Waals surface area contributed by atoms with Crippen molar-refractivity contribution >= 4 is 6.08 Å². The van der Waals surface area contributed by atoms with Crippen LogP contribution in [0.5, 0.6) is 0 Å². The highest BCUT2D eigenvalue weighted by Crippen LogP contribution is 2.30. The Balaban J connectivity index is 1.67. The second-order valence-electron chi connectivity index (χ2n) is 7.60. The van der Waals surface area contributed by atoms with E-state index in [2.05, 4.69) is 61.5 Å². The minimum Gasteiger partial charge on any atom is -0.396 e. The zero-order valence-corrected chi connectivity index (χ0v) is 15.8. The van der Waals surface area contributed by atoms with Crippen LogP contribution in [0.3, 0.4) is 0 Å². The van der Waals surface area contributed by atoms with E-state index in [1.54, 1.807) is 0 Å². The Kier molecular flexibility index (Phi) is 6.65. The number of rotatable bonds is 7. The van der Waals surface area contributed by atoms with E-state index in [0.717, 1.165) is 25.7 Å². The summed E-state index contributed by atoms with van der Waals surface area (Å²) in [5.74, 6) is 0.986. The molecule has 0 saturated heterocycles. The Hall–Kier alpha value is -1.90. The first-order chi connectivity index (χ1) is 12.7. The van der Waals surface area contributed by atoms with Crippen LogP contribution in [-0.4, -0.2) is 18.3 Å². The van der Waals surface area contributed by atoms with E-state index < -0.39 is 0 Å². The van der Waals surface area contributed by atoms with Gasteiger partial charge in [-0.15, -0.1) is 0 Å². The summed E-state index contributed by atoms with van der Waals surface area (Å²) in [6, 6.07) is 15.6. The highest BCUT2D eigenvalue weighted by molar-refractivity contribution is 5.51. The van der Waals surface area contributed by atoms with Gasteiger partial charge in [0, 0.05) is 6.61 Å². The Morgan fingerprint density at radius 1 is 1.19 bits per heavy atom. The van der Waals surface area contributed by atoms with Crippen molar-refractivity contribution in [3.8, 4) is 0 Å². The van der Waals surface area contributed by atoms with Crippen LogP contribution in [0.1, 0.15) is 53.0 Å². The van der Waals surface area contributed by atoms with E-state index in [9.17, 15) is 0 Å². The molecule has 2 nitrogen and oxygen atoms in total. The fourth-order valence-electron chi connectivity index (χ4n) is 4.00. The van der Waals surface area contributed by atoms with E-state index in [4.69, 9.17) is 10.8 Å². The number of aliphatic hydroxyl groups is 1. The molecule has 3 N–H and O–H groups in total. The smallest absolute Gasteiger partial charge is 0.0431 e. The molecule has 2 heteroatoms. The first-order valence-electron chi connectivity index (χ1n) is 9.87. The van der Waals surface area contributed by atoms with Gasteiger partial charge in [-0.05, 0) is 79.7 Å². The number of aliphatic hydroxyl groups excluding tert-OH is 1. The van der Waals surface area contributed by atoms with Crippen LogP contribution in [0.15, 0.2) is 48.5 Å². The fourth-order valence-corrected chi connectivity index (χ4v) is 4.00. The summed E-state index contributed by atoms with van der Waals surface area (Å²) in [5.41, 5.74) is 12.9. The quantitative estimate of drug-likeness (QED) is 0.765. The molecule has 0 unspecified atom stereocenters. The SMILES string of the molecule is Cc1cccc(/C=C/[C@@H]2CCc3cc([C@H](CN)CCCO)ccc3C2)c1. The molecule has 0 spiro atoms. The summed E-state index contributed by atoms with van der Waals surface area (Å²) in [7, 11) is 0. The molecule has 0 heterocycles. The van der Waals surface area contributed by atoms with Gasteiger partial charge in [-0.2, -0.15) is 0 Å². The van der Waals surface area contributed by atoms with Crippen molar-refractivity contribution in [1.29, 1.82) is 0 Å². The maximum atomic E-state index is 9.08. The maximum absolute atomic E-state index is 9.08. The Morgan fingerprint density at radius 2 is 2.08 bits per heavy atom. The van der Waals surface area contributed by atoms with Crippen LogP contribution in [0, 0.1) is 12.8 Å². The van der Waals surface area contributed by atoms with Gasteiger partial charge in [0.2, 0.25) is 0 Å². The highest BCUT2D eigenvalue weighted by atomic mass is 16.2. The molecule has 1 aliphatic rings. The third-order valence-corrected chi connectivity index (χ3v) is 5.57. The molecule has 3 rings (SSSR count). The summed E-state index contributed by atoms with van der Waals surface area (Å²) in [6.45, 7) is 3.04. The van der Waals surface area contributed by atoms with Crippen molar-refractivity contribution in [2.75, 3.05) is 13.2 Å². The molecule has 0 aliphatic heterocycles. The van der Waals surface area contributed by atoms with Crippen molar-refractivity contribution in [1.82, 2.24) is 0 Å². The lowest BCUT2D eigenvalue weighted by Gasteiger charge is -2.24. The Labute approximate surface area is 157 Å². The molecule has 0 aromatic heterocycles. The third-order valence-electron chi connectivity index (χ3n) is 5.57. The van der Waals surface area contributed by atoms with E-state index in [0.29, 0.717) is 18.4 Å². The van der Waals surface area contributed by atoms with Crippen molar-refractivity contribution in [2.45, 2.75) is 44.9 Å². The zero-order chi connectivity index (χ0) is 18.4. The molecule has 1 aliphatic carbocycles. The molecule has 0 fully saturated rings. The maximum Gasteiger partial charge on any atom is 0.0431 e. The topological polar surface area (TPSA) is 46.2 Å². The van der Waals surface area contributed by atoms with Crippen LogP contribution in [0.25, 0.3) is 6.08 Å². The molecule has 0 saturated carbocycles. The average Bonchev–Trinajstić information content (AvgIpc) is 2.67. The van der Waals surface area contributed by atoms with Crippen LogP contribution < -0.4 is 5.73 Å². The van der Waals surface area contributed by atoms with Crippen LogP contribution in [-0.2, 0) is 12.8 Å². The standard InChI is InChI=1S/C24H31NO/c1-18-4-2-5-19(14-18)7-8-20-9-10-22-16-23(12-11-21(22)15-20)24(17-25)6-3-13-26/h2,4-5,7-8,11-12,14,16,20,24,26H,3,6,9-10,13,15,17,25H2,1H3/b8-7+/t20-,24+/m1/s1. The third kappa shape index (κ3) is 4.84. The lowest BCUT2D eigenvalue weighted by Crippen LogP contribution is -2.16. The second kappa shape index (κ2) is 9.16. The molecule has 26 heavy (non-hydrogen) atoms. The summed E-state index contributed by atoms with van der Waals surface area (Å²) >= 11 is 0. The number of nitrogens with two attached hydrogens (primary N) is 1. The molecule has 2 aromatic carbocycles. The monoisotopic (exact) mass is 349 g/mol. The van der Waals surface area contributed by atoms with E-state index in [1.807, 2.05) is 0 Å². The minimum absolute atomic E-state index is 0.246. The van der Waals surface area contributed by atoms with Crippen LogP contribution >= 0.6 is 0 Å². The predicted octanol–water partition coefficient (Wildman–Crippen LogP) is 4.63. The van der Waals surface area contributed by atoms with Gasteiger partial charge in [-0.1, -0.05) is 60.2 Å². The lowest BCUT2D eigenvalue weighted by molar-refractivity contribution is 0.280. The molecule has 2 atom stereocenters. The van der Waals surface area contributed by atoms with E-state index >= 15 is 0 Å². The highest BCUT2D eigenvalue weighted by Gasteiger charge is 2.18. The number of fused-ring (bicyclic) bond motifs is 1. The average molecular weight is 350 g/mol. The molecule has 0 bridgehead atoms. The minimum atomic E-state index is 0.246. The zero-order valence-electron chi connectivity index (χ0n) is 15.8. The lowest BCUT2D eigenvalue weighted by atomic mass is 9.81. The summed E-state index contributed by atoms with van der Waals surface area (Å²) in [6.07, 6.45) is 9.93. The van der Waals surface area contributed by atoms with Gasteiger partial charge in [0.1, 0.15) is 0 Å². The molecular weight excluding hydrogens is 318 g/mol. The summed E-state index contributed by atoms with van der Waals surface area (Å²) in [4.78, 5) is 0. The molecular formula is C24H31NO. The predicted molar refractivity (Wildman–Crippen MR) is 110 cm³/mol. The summed E-state index contributed by atoms with van der Waals surface area (Å²) in [5, 5.41) is 9.08. The first-order valence-corrected chi connectivity index (χ1v) is 9.87. The molecule has 0 radical (unpaired) electrons. The Bertz CT molecular complexity index is 750. The van der Waals surface area contributed by atoms with Gasteiger partial charge in [0.15, 0.2) is 0 Å². The Morgan fingerprint density at radius 3 is 2.85 bits per heavy atom. The first kappa shape index (κ1) is 18.9. The number of aryl methyl sites for hydroxylation is 2. The van der Waals surface area contributed by atoms with Crippen molar-refractivity contribution in [3.05, 3.63) is 76.4 Å². The number of hydrogen-bond donors (Lipinski definition) is 2. The van der Waals surface area contributed by atoms with E-state index in [-0.39, 0.29) is 6.61 Å². The number of benzene rings is 2. The fraction of sp³-hybridized carbons (Fsp3) is 0.417. The largest absolute Gasteiger partial charge is 0.396 e. The van der Waals surface area contributed by atoms with Gasteiger partial charge in [-0.3, -0.25) is 0 Å². The van der Waals surface area contributed by atoms with Gasteiger partial charge in [0.25, 0.3) is 0 Å². The molecule has 2 aromatic rings. The van der Waals surface area contributed by atoms with Crippen LogP contribution in [0.4, 0.5) is 0 Å². The van der Waals surface area contributed by atoms with E-state index in [1.165, 1.54) is 34.2 Å². The molecule has 0 amide bonds. The van der Waals surface area contributed by atoms with Crippen LogP contribution in [0.2, 0.25) is 0 Å². The number of hydrogen-bond acceptors (Lipinski definition) is 2. The van der Waals surface area contributed by atoms with Gasteiger partial charge in [-0.25, -0.2) is 0 Å². The van der Waals surface area contributed by atoms with Gasteiger partial charge < -0.3 is 10.8 Å². The second-order valence-corrected chi connectivity index (χ2v) is 7.60. The number of allylic oxidation sites excluding steroid dienone is 1. The van der Waals surface area contributed by atoms with Crippen molar-refractivity contribution in [2.24, 2.45) is 11.7 Å². The normalized spacial score (nSPS) is 18.0. The van der Waals surface area contributed by atoms with Gasteiger partial charge in [0.05, 0.1) is 0 Å². The van der Waals surface area contributed by atoms with Gasteiger partial charge >= 0.3 is 0 Å². The van der Waals surface area contributed by atoms with Crippen molar-refractivity contribution in [3.63, 3.8) is 0 Å². The summed E-state index contributed by atoms with van der Waals surface area (Å²) < 4.78 is 0. The van der Waals surface area contributed by atoms with Crippen molar-refractivity contribution < 1.29 is 5.11 Å².